The molecule has 0 aliphatic rings. The summed E-state index contributed by atoms with van der Waals surface area (Å²) in [4.78, 5) is 0. The van der Waals surface area contributed by atoms with Crippen LogP contribution in [0.3, 0.4) is 0 Å². The van der Waals surface area contributed by atoms with Gasteiger partial charge in [-0.1, -0.05) is 0 Å². The Balaban J connectivity index is 0. The molecule has 3 nitrogen and oxygen atoms in total. The Bertz CT molecular complexity index is 698. The third-order valence-corrected chi connectivity index (χ3v) is 4.22. The van der Waals surface area contributed by atoms with E-state index in [1.165, 1.54) is 0 Å². The fraction of sp³-hybridized carbons (Fsp3) is 1.00. The monoisotopic (exact) mass is 538 g/mol. The van der Waals surface area contributed by atoms with E-state index in [0.717, 1.165) is 0 Å². The van der Waals surface area contributed by atoms with E-state index in [-0.39, 0.29) is 51.4 Å². The summed E-state index contributed by atoms with van der Waals surface area (Å²) < 4.78 is 248. The summed E-state index contributed by atoms with van der Waals surface area (Å²) in [7, 11) is -8.77. The van der Waals surface area contributed by atoms with Gasteiger partial charge >= 0.3 is 98.4 Å². The molecule has 0 aromatic heterocycles. The Morgan fingerprint density at radius 3 is 0.867 bits per heavy atom. The van der Waals surface area contributed by atoms with Crippen LogP contribution in [0.4, 0.5) is 74.6 Å². The minimum atomic E-state index is -9.45. The molecule has 0 rings (SSSR count). The first kappa shape index (κ1) is 32.5. The van der Waals surface area contributed by atoms with E-state index in [1.54, 1.807) is 0 Å². The maximum atomic E-state index is 13.7. The van der Waals surface area contributed by atoms with Gasteiger partial charge in [0.15, 0.2) is 10.1 Å². The summed E-state index contributed by atoms with van der Waals surface area (Å²) in [6.07, 6.45) is -34.7. The zero-order valence-electron chi connectivity index (χ0n) is 13.1. The second-order valence-corrected chi connectivity index (χ2v) is 6.37. The largest absolute Gasteiger partial charge is 1.00 e. The second kappa shape index (κ2) is 7.99. The van der Waals surface area contributed by atoms with Crippen LogP contribution in [-0.4, -0.2) is 54.5 Å². The molecular weight excluding hydrogens is 538 g/mol. The van der Waals surface area contributed by atoms with Gasteiger partial charge in [-0.25, -0.2) is 21.6 Å². The number of halogens is 17. The summed E-state index contributed by atoms with van der Waals surface area (Å²) in [6.45, 7) is 0. The molecule has 0 aliphatic carbocycles. The molecule has 0 fully saturated rings. The smallest absolute Gasteiger partial charge is 0.743 e. The first-order chi connectivity index (χ1) is 12.0. The molecule has 30 heavy (non-hydrogen) atoms. The van der Waals surface area contributed by atoms with E-state index in [9.17, 15) is 87.6 Å². The molecule has 0 unspecified atom stereocenters. The predicted molar refractivity (Wildman–Crippen MR) is 50.1 cm³/mol. The Kier molecular flexibility index (Phi) is 8.66. The topological polar surface area (TPSA) is 57.2 Å². The Morgan fingerprint density at radius 1 is 0.500 bits per heavy atom. The maximum Gasteiger partial charge on any atom is 1.00 e. The molecule has 0 saturated heterocycles. The molecule has 0 aliphatic heterocycles. The summed E-state index contributed by atoms with van der Waals surface area (Å²) in [5, 5.41) is -8.73. The van der Waals surface area contributed by atoms with Crippen LogP contribution in [0.1, 0.15) is 0 Å². The molecule has 0 saturated carbocycles. The van der Waals surface area contributed by atoms with Crippen molar-refractivity contribution in [2.24, 2.45) is 5.41 Å². The van der Waals surface area contributed by atoms with E-state index in [1.807, 2.05) is 0 Å². The van der Waals surface area contributed by atoms with Crippen LogP contribution in [0.25, 0.3) is 0 Å². The molecule has 176 valence electrons. The van der Waals surface area contributed by atoms with Crippen molar-refractivity contribution in [3.05, 3.63) is 0 Å². The molecule has 0 radical (unpaired) electrons. The van der Waals surface area contributed by atoms with Crippen molar-refractivity contribution in [2.75, 3.05) is 0 Å². The average molecular weight is 538 g/mol. The Labute approximate surface area is 195 Å². The average Bonchev–Trinajstić information content (AvgIpc) is 2.28. The van der Waals surface area contributed by atoms with Gasteiger partial charge in [-0.05, 0) is 0 Å². The third kappa shape index (κ3) is 4.05. The molecule has 0 aromatic carbocycles. The minimum absolute atomic E-state index is 0. The second-order valence-electron chi connectivity index (χ2n) is 4.94. The van der Waals surface area contributed by atoms with E-state index >= 15 is 0 Å². The molecule has 0 atom stereocenters. The van der Waals surface area contributed by atoms with Gasteiger partial charge in [0.2, 0.25) is 0 Å². The molecule has 0 N–H and O–H groups in total. The van der Waals surface area contributed by atoms with Crippen LogP contribution in [0, 0.1) is 5.41 Å². The standard InChI is InChI=1S/C8HF17O3S.K/c9-2(6(18,19)20,7(21,22)23)3(10,11)1(4(12,13)14,5(15,16)17)8(24,25)29(26,27)28;/h(H,26,27,28);/q;+1/p-1. The third-order valence-electron chi connectivity index (χ3n) is 3.29. The fourth-order valence-corrected chi connectivity index (χ4v) is 2.73. The molecule has 0 spiro atoms. The van der Waals surface area contributed by atoms with Crippen molar-refractivity contribution in [1.82, 2.24) is 0 Å². The number of alkyl halides is 17. The van der Waals surface area contributed by atoms with Gasteiger partial charge in [0, 0.05) is 0 Å². The quantitative estimate of drug-likeness (QED) is 0.312. The van der Waals surface area contributed by atoms with Gasteiger partial charge in [-0.3, -0.25) is 0 Å². The van der Waals surface area contributed by atoms with E-state index in [0.29, 0.717) is 0 Å². The van der Waals surface area contributed by atoms with Gasteiger partial charge in [-0.15, -0.1) is 0 Å². The van der Waals surface area contributed by atoms with Gasteiger partial charge in [-0.2, -0.15) is 61.5 Å². The fourth-order valence-electron chi connectivity index (χ4n) is 1.99. The Hall–Kier alpha value is 0.356. The van der Waals surface area contributed by atoms with E-state index < -0.39 is 57.1 Å². The van der Waals surface area contributed by atoms with Gasteiger partial charge in [0.1, 0.15) is 0 Å². The number of hydrogen-bond acceptors (Lipinski definition) is 3. The Morgan fingerprint density at radius 2 is 0.733 bits per heavy atom. The number of hydrogen-bond donors (Lipinski definition) is 0. The van der Waals surface area contributed by atoms with Crippen molar-refractivity contribution in [3.63, 3.8) is 0 Å². The van der Waals surface area contributed by atoms with Gasteiger partial charge < -0.3 is 4.55 Å². The van der Waals surface area contributed by atoms with Crippen molar-refractivity contribution in [2.45, 2.75) is 41.6 Å². The summed E-state index contributed by atoms with van der Waals surface area (Å²) in [5.74, 6) is -9.45. The van der Waals surface area contributed by atoms with Crippen molar-refractivity contribution < 1.29 is 139 Å². The van der Waals surface area contributed by atoms with E-state index in [2.05, 4.69) is 0 Å². The molecule has 0 bridgehead atoms. The van der Waals surface area contributed by atoms with Gasteiger partial charge in [0.25, 0.3) is 0 Å². The normalized spacial score (nSPS) is 16.3. The molecule has 0 amide bonds. The molecule has 22 heteroatoms. The molecular formula is C8F17KO3S. The van der Waals surface area contributed by atoms with E-state index in [4.69, 9.17) is 0 Å². The van der Waals surface area contributed by atoms with Crippen LogP contribution in [0.15, 0.2) is 0 Å². The van der Waals surface area contributed by atoms with Crippen molar-refractivity contribution in [3.8, 4) is 0 Å². The maximum absolute atomic E-state index is 13.7. The van der Waals surface area contributed by atoms with Crippen molar-refractivity contribution >= 4 is 10.1 Å². The first-order valence-electron chi connectivity index (χ1n) is 5.67. The van der Waals surface area contributed by atoms with Crippen LogP contribution in [-0.2, 0) is 10.1 Å². The first-order valence-corrected chi connectivity index (χ1v) is 7.08. The SMILES string of the molecule is O=S(=O)([O-])C(F)(F)C(C(F)(F)F)(C(F)(F)F)C(F)(F)C(F)(C(F)(F)F)C(F)(F)F.[K+]. The zero-order chi connectivity index (χ0) is 24.5. The molecule has 0 heterocycles. The van der Waals surface area contributed by atoms with Gasteiger partial charge in [0.05, 0.1) is 0 Å². The summed E-state index contributed by atoms with van der Waals surface area (Å²) in [6, 6.07) is 0. The zero-order valence-corrected chi connectivity index (χ0v) is 17.0. The van der Waals surface area contributed by atoms with Crippen LogP contribution in [0.2, 0.25) is 0 Å². The minimum Gasteiger partial charge on any atom is -0.743 e. The predicted octanol–water partition coefficient (Wildman–Crippen LogP) is 1.71. The molecule has 0 aromatic rings. The van der Waals surface area contributed by atoms with Crippen LogP contribution in [0.5, 0.6) is 0 Å². The summed E-state index contributed by atoms with van der Waals surface area (Å²) >= 11 is 0. The van der Waals surface area contributed by atoms with Crippen LogP contribution < -0.4 is 51.4 Å². The summed E-state index contributed by atoms with van der Waals surface area (Å²) in [5.41, 5.74) is -18.4. The number of rotatable bonds is 4. The van der Waals surface area contributed by atoms with Crippen molar-refractivity contribution in [1.29, 1.82) is 0 Å². The van der Waals surface area contributed by atoms with Crippen LogP contribution >= 0.6 is 0 Å².